The summed E-state index contributed by atoms with van der Waals surface area (Å²) in [6.45, 7) is 3.58. The lowest BCUT2D eigenvalue weighted by atomic mass is 10.3. The van der Waals surface area contributed by atoms with Crippen LogP contribution in [0, 0.1) is 0 Å². The second kappa shape index (κ2) is 5.36. The van der Waals surface area contributed by atoms with Crippen molar-refractivity contribution < 1.29 is 14.7 Å². The standard InChI is InChI=1S/C10H13NO3/c1-3-13-14-11(9(2)12)10-7-5-4-6-8-10/h4-8H,3H2,1-2H3. The summed E-state index contributed by atoms with van der Waals surface area (Å²) in [7, 11) is 0. The van der Waals surface area contributed by atoms with Gasteiger partial charge in [0.15, 0.2) is 0 Å². The number of rotatable bonds is 4. The van der Waals surface area contributed by atoms with Crippen LogP contribution in [0.2, 0.25) is 0 Å². The number of hydrogen-bond acceptors (Lipinski definition) is 3. The van der Waals surface area contributed by atoms with Crippen molar-refractivity contribution in [1.29, 1.82) is 0 Å². The average molecular weight is 195 g/mol. The molecule has 76 valence electrons. The molecule has 0 heterocycles. The third-order valence-corrected chi connectivity index (χ3v) is 1.52. The Morgan fingerprint density at radius 1 is 1.36 bits per heavy atom. The molecule has 0 aromatic heterocycles. The van der Waals surface area contributed by atoms with Gasteiger partial charge in [-0.15, -0.1) is 4.99 Å². The number of carbonyl (C=O) groups is 1. The predicted octanol–water partition coefficient (Wildman–Crippen LogP) is 1.92. The highest BCUT2D eigenvalue weighted by atomic mass is 17.3. The lowest BCUT2D eigenvalue weighted by Crippen LogP contribution is -2.28. The highest BCUT2D eigenvalue weighted by Crippen LogP contribution is 2.13. The number of amides is 1. The van der Waals surface area contributed by atoms with Crippen LogP contribution in [0.1, 0.15) is 13.8 Å². The Kier molecular flexibility index (Phi) is 4.10. The summed E-state index contributed by atoms with van der Waals surface area (Å²) in [4.78, 5) is 20.7. The Morgan fingerprint density at radius 3 is 2.50 bits per heavy atom. The molecule has 14 heavy (non-hydrogen) atoms. The van der Waals surface area contributed by atoms with E-state index in [0.29, 0.717) is 12.3 Å². The summed E-state index contributed by atoms with van der Waals surface area (Å²) in [5.74, 6) is -0.232. The SMILES string of the molecule is CCOON(C(C)=O)c1ccccc1. The van der Waals surface area contributed by atoms with Crippen molar-refractivity contribution in [2.75, 3.05) is 11.7 Å². The molecule has 0 aliphatic rings. The minimum Gasteiger partial charge on any atom is -0.272 e. The molecule has 0 saturated carbocycles. The molecule has 1 aromatic carbocycles. The van der Waals surface area contributed by atoms with Crippen molar-refractivity contribution in [3.8, 4) is 0 Å². The summed E-state index contributed by atoms with van der Waals surface area (Å²) in [5, 5.41) is 1.10. The van der Waals surface area contributed by atoms with E-state index in [1.54, 1.807) is 19.1 Å². The number of hydrogen-bond donors (Lipinski definition) is 0. The fraction of sp³-hybridized carbons (Fsp3) is 0.300. The Balaban J connectivity index is 2.73. The first-order valence-corrected chi connectivity index (χ1v) is 4.41. The number of carbonyl (C=O) groups excluding carboxylic acids is 1. The fourth-order valence-corrected chi connectivity index (χ4v) is 0.946. The molecule has 4 heteroatoms. The zero-order chi connectivity index (χ0) is 10.4. The molecule has 1 amide bonds. The number of para-hydroxylation sites is 1. The molecular formula is C10H13NO3. The van der Waals surface area contributed by atoms with E-state index in [9.17, 15) is 4.79 Å². The van der Waals surface area contributed by atoms with Crippen molar-refractivity contribution >= 4 is 11.6 Å². The second-order valence-electron chi connectivity index (χ2n) is 2.63. The van der Waals surface area contributed by atoms with Crippen molar-refractivity contribution in [2.24, 2.45) is 0 Å². The van der Waals surface area contributed by atoms with E-state index in [0.717, 1.165) is 5.06 Å². The van der Waals surface area contributed by atoms with Gasteiger partial charge in [-0.1, -0.05) is 18.2 Å². The minimum absolute atomic E-state index is 0.232. The van der Waals surface area contributed by atoms with Crippen molar-refractivity contribution in [3.63, 3.8) is 0 Å². The van der Waals surface area contributed by atoms with E-state index in [-0.39, 0.29) is 5.91 Å². The maximum Gasteiger partial charge on any atom is 0.250 e. The zero-order valence-electron chi connectivity index (χ0n) is 8.27. The van der Waals surface area contributed by atoms with Crippen LogP contribution < -0.4 is 5.06 Å². The maximum atomic E-state index is 11.2. The number of hydroxylamine groups is 1. The highest BCUT2D eigenvalue weighted by molar-refractivity contribution is 5.89. The van der Waals surface area contributed by atoms with Crippen LogP contribution in [0.5, 0.6) is 0 Å². The molecule has 0 N–H and O–H groups in total. The van der Waals surface area contributed by atoms with E-state index in [1.807, 2.05) is 18.2 Å². The van der Waals surface area contributed by atoms with Gasteiger partial charge in [-0.2, -0.15) is 5.06 Å². The average Bonchev–Trinajstić information content (AvgIpc) is 2.19. The van der Waals surface area contributed by atoms with E-state index in [2.05, 4.69) is 0 Å². The van der Waals surface area contributed by atoms with Gasteiger partial charge in [0.2, 0.25) is 5.91 Å². The van der Waals surface area contributed by atoms with Crippen LogP contribution in [0.25, 0.3) is 0 Å². The van der Waals surface area contributed by atoms with E-state index < -0.39 is 0 Å². The number of anilines is 1. The van der Waals surface area contributed by atoms with Crippen molar-refractivity contribution in [3.05, 3.63) is 30.3 Å². The topological polar surface area (TPSA) is 38.8 Å². The van der Waals surface area contributed by atoms with E-state index in [1.165, 1.54) is 6.92 Å². The van der Waals surface area contributed by atoms with E-state index in [4.69, 9.17) is 9.88 Å². The number of benzene rings is 1. The monoisotopic (exact) mass is 195 g/mol. The first kappa shape index (κ1) is 10.7. The van der Waals surface area contributed by atoms with Gasteiger partial charge in [-0.25, -0.2) is 4.89 Å². The van der Waals surface area contributed by atoms with Gasteiger partial charge in [-0.05, 0) is 19.1 Å². The van der Waals surface area contributed by atoms with Gasteiger partial charge in [0.25, 0.3) is 0 Å². The summed E-state index contributed by atoms with van der Waals surface area (Å²) in [6.07, 6.45) is 0. The van der Waals surface area contributed by atoms with E-state index >= 15 is 0 Å². The Labute approximate surface area is 82.9 Å². The molecule has 0 atom stereocenters. The summed E-state index contributed by atoms with van der Waals surface area (Å²) in [5.41, 5.74) is 0.647. The summed E-state index contributed by atoms with van der Waals surface area (Å²) >= 11 is 0. The maximum absolute atomic E-state index is 11.2. The van der Waals surface area contributed by atoms with Gasteiger partial charge in [-0.3, -0.25) is 4.79 Å². The Bertz CT molecular complexity index is 287. The molecule has 0 aliphatic carbocycles. The predicted molar refractivity (Wildman–Crippen MR) is 52.3 cm³/mol. The van der Waals surface area contributed by atoms with Crippen LogP contribution in [-0.2, 0) is 14.7 Å². The molecule has 0 bridgehead atoms. The quantitative estimate of drug-likeness (QED) is 0.544. The summed E-state index contributed by atoms with van der Waals surface area (Å²) < 4.78 is 0. The lowest BCUT2D eigenvalue weighted by molar-refractivity contribution is -0.296. The molecular weight excluding hydrogens is 182 g/mol. The molecule has 0 saturated heterocycles. The molecule has 0 aliphatic heterocycles. The van der Waals surface area contributed by atoms with Crippen LogP contribution in [0.15, 0.2) is 30.3 Å². The second-order valence-corrected chi connectivity index (χ2v) is 2.63. The van der Waals surface area contributed by atoms with Crippen molar-refractivity contribution in [2.45, 2.75) is 13.8 Å². The Hall–Kier alpha value is -1.39. The molecule has 1 aromatic rings. The smallest absolute Gasteiger partial charge is 0.250 e. The van der Waals surface area contributed by atoms with Gasteiger partial charge in [0.1, 0.15) is 0 Å². The first-order chi connectivity index (χ1) is 6.75. The fourth-order valence-electron chi connectivity index (χ4n) is 0.946. The minimum atomic E-state index is -0.232. The molecule has 0 fully saturated rings. The van der Waals surface area contributed by atoms with Crippen LogP contribution in [-0.4, -0.2) is 12.5 Å². The van der Waals surface area contributed by atoms with Crippen LogP contribution in [0.4, 0.5) is 5.69 Å². The highest BCUT2D eigenvalue weighted by Gasteiger charge is 2.12. The molecule has 0 radical (unpaired) electrons. The largest absolute Gasteiger partial charge is 0.272 e. The molecule has 0 unspecified atom stereocenters. The first-order valence-electron chi connectivity index (χ1n) is 4.41. The van der Waals surface area contributed by atoms with Gasteiger partial charge < -0.3 is 0 Å². The van der Waals surface area contributed by atoms with Gasteiger partial charge in [0.05, 0.1) is 12.3 Å². The zero-order valence-corrected chi connectivity index (χ0v) is 8.27. The molecule has 4 nitrogen and oxygen atoms in total. The van der Waals surface area contributed by atoms with Gasteiger partial charge in [0, 0.05) is 6.92 Å². The molecule has 1 rings (SSSR count). The van der Waals surface area contributed by atoms with Crippen molar-refractivity contribution in [1.82, 2.24) is 0 Å². The lowest BCUT2D eigenvalue weighted by Gasteiger charge is -2.17. The van der Waals surface area contributed by atoms with Crippen LogP contribution in [0.3, 0.4) is 0 Å². The Morgan fingerprint density at radius 2 is 2.00 bits per heavy atom. The number of nitrogens with zero attached hydrogens (tertiary/aromatic N) is 1. The third-order valence-electron chi connectivity index (χ3n) is 1.52. The normalized spacial score (nSPS) is 9.86. The summed E-state index contributed by atoms with van der Waals surface area (Å²) in [6, 6.07) is 9.03. The third kappa shape index (κ3) is 2.83. The van der Waals surface area contributed by atoms with Gasteiger partial charge >= 0.3 is 0 Å². The van der Waals surface area contributed by atoms with Crippen LogP contribution >= 0.6 is 0 Å². The molecule has 0 spiro atoms.